The van der Waals surface area contributed by atoms with E-state index in [9.17, 15) is 13.6 Å². The number of hydrogen-bond donors (Lipinski definition) is 1. The molecule has 0 aromatic carbocycles. The minimum Gasteiger partial charge on any atom is -0.469 e. The number of ether oxygens (including phenoxy) is 1. The van der Waals surface area contributed by atoms with E-state index in [0.29, 0.717) is 19.5 Å². The number of hydrogen-bond acceptors (Lipinski definition) is 4. The molecule has 0 bridgehead atoms. The highest BCUT2D eigenvalue weighted by Crippen LogP contribution is 2.20. The third kappa shape index (κ3) is 4.49. The van der Waals surface area contributed by atoms with Gasteiger partial charge in [-0.1, -0.05) is 0 Å². The smallest absolute Gasteiger partial charge is 0.310 e. The molecule has 1 fully saturated rings. The monoisotopic (exact) mass is 264 g/mol. The van der Waals surface area contributed by atoms with Gasteiger partial charge in [0.25, 0.3) is 6.43 Å². The highest BCUT2D eigenvalue weighted by molar-refractivity contribution is 5.72. The van der Waals surface area contributed by atoms with Gasteiger partial charge in [0.05, 0.1) is 19.6 Å². The van der Waals surface area contributed by atoms with E-state index in [4.69, 9.17) is 4.74 Å². The van der Waals surface area contributed by atoms with Crippen LogP contribution in [-0.2, 0) is 9.53 Å². The molecule has 1 aliphatic rings. The van der Waals surface area contributed by atoms with Crippen molar-refractivity contribution in [2.45, 2.75) is 38.8 Å². The van der Waals surface area contributed by atoms with Gasteiger partial charge in [-0.2, -0.15) is 0 Å². The number of alkyl halides is 2. The number of piperidine rings is 1. The summed E-state index contributed by atoms with van der Waals surface area (Å²) in [5.41, 5.74) is 0. The molecular weight excluding hydrogens is 242 g/mol. The second kappa shape index (κ2) is 6.99. The Bertz CT molecular complexity index is 275. The summed E-state index contributed by atoms with van der Waals surface area (Å²) in [6, 6.07) is 0.201. The van der Waals surface area contributed by atoms with E-state index in [0.717, 1.165) is 0 Å². The SMILES string of the molecule is COC(=O)C1CC(NCC(F)F)CN(C(C)C)C1. The predicted octanol–water partition coefficient (Wildman–Crippen LogP) is 1.11. The molecule has 1 heterocycles. The lowest BCUT2D eigenvalue weighted by Crippen LogP contribution is -2.53. The van der Waals surface area contributed by atoms with Crippen molar-refractivity contribution in [3.63, 3.8) is 0 Å². The van der Waals surface area contributed by atoms with Crippen molar-refractivity contribution in [3.8, 4) is 0 Å². The van der Waals surface area contributed by atoms with E-state index in [-0.39, 0.29) is 30.5 Å². The van der Waals surface area contributed by atoms with Crippen LogP contribution in [0.3, 0.4) is 0 Å². The number of esters is 1. The van der Waals surface area contributed by atoms with Crippen molar-refractivity contribution in [2.75, 3.05) is 26.7 Å². The molecule has 1 saturated heterocycles. The van der Waals surface area contributed by atoms with Crippen LogP contribution in [0.25, 0.3) is 0 Å². The van der Waals surface area contributed by atoms with Crippen LogP contribution in [-0.4, -0.2) is 56.1 Å². The first-order valence-electron chi connectivity index (χ1n) is 6.27. The molecule has 0 spiro atoms. The van der Waals surface area contributed by atoms with Crippen LogP contribution in [0.15, 0.2) is 0 Å². The normalized spacial score (nSPS) is 25.7. The van der Waals surface area contributed by atoms with Crippen LogP contribution in [0, 0.1) is 5.92 Å². The van der Waals surface area contributed by atoms with Crippen LogP contribution in [0.4, 0.5) is 8.78 Å². The fourth-order valence-corrected chi connectivity index (χ4v) is 2.30. The van der Waals surface area contributed by atoms with Crippen LogP contribution >= 0.6 is 0 Å². The van der Waals surface area contributed by atoms with Gasteiger partial charge in [-0.15, -0.1) is 0 Å². The fourth-order valence-electron chi connectivity index (χ4n) is 2.30. The Morgan fingerprint density at radius 1 is 1.44 bits per heavy atom. The van der Waals surface area contributed by atoms with Crippen LogP contribution in [0.5, 0.6) is 0 Å². The largest absolute Gasteiger partial charge is 0.469 e. The molecule has 1 N–H and O–H groups in total. The second-order valence-electron chi connectivity index (χ2n) is 5.00. The lowest BCUT2D eigenvalue weighted by atomic mass is 9.93. The standard InChI is InChI=1S/C12H22F2N2O2/c1-8(2)16-6-9(12(17)18-3)4-10(7-16)15-5-11(13)14/h8-11,15H,4-7H2,1-3H3. The highest BCUT2D eigenvalue weighted by atomic mass is 19.3. The number of carbonyl (C=O) groups excluding carboxylic acids is 1. The van der Waals surface area contributed by atoms with Crippen molar-refractivity contribution >= 4 is 5.97 Å². The van der Waals surface area contributed by atoms with Crippen molar-refractivity contribution in [2.24, 2.45) is 5.92 Å². The third-order valence-corrected chi connectivity index (χ3v) is 3.30. The first-order chi connectivity index (χ1) is 8.43. The Labute approximate surface area is 107 Å². The molecule has 1 rings (SSSR count). The van der Waals surface area contributed by atoms with E-state index in [1.165, 1.54) is 7.11 Å². The Hall–Kier alpha value is -0.750. The zero-order chi connectivity index (χ0) is 13.7. The maximum atomic E-state index is 12.2. The quantitative estimate of drug-likeness (QED) is 0.755. The molecule has 4 nitrogen and oxygen atoms in total. The van der Waals surface area contributed by atoms with Crippen LogP contribution in [0.1, 0.15) is 20.3 Å². The highest BCUT2D eigenvalue weighted by Gasteiger charge is 2.33. The van der Waals surface area contributed by atoms with Crippen LogP contribution in [0.2, 0.25) is 0 Å². The first-order valence-corrected chi connectivity index (χ1v) is 6.27. The van der Waals surface area contributed by atoms with Gasteiger partial charge in [-0.05, 0) is 20.3 Å². The van der Waals surface area contributed by atoms with Crippen molar-refractivity contribution in [3.05, 3.63) is 0 Å². The minimum atomic E-state index is -2.36. The maximum absolute atomic E-state index is 12.2. The van der Waals surface area contributed by atoms with Gasteiger partial charge < -0.3 is 10.1 Å². The van der Waals surface area contributed by atoms with Gasteiger partial charge in [0.15, 0.2) is 0 Å². The lowest BCUT2D eigenvalue weighted by molar-refractivity contribution is -0.148. The Morgan fingerprint density at radius 3 is 2.61 bits per heavy atom. The van der Waals surface area contributed by atoms with E-state index in [2.05, 4.69) is 10.2 Å². The van der Waals surface area contributed by atoms with Gasteiger partial charge in [0.2, 0.25) is 0 Å². The van der Waals surface area contributed by atoms with Crippen LogP contribution < -0.4 is 5.32 Å². The molecule has 18 heavy (non-hydrogen) atoms. The molecule has 0 saturated carbocycles. The molecule has 0 aromatic heterocycles. The second-order valence-corrected chi connectivity index (χ2v) is 5.00. The van der Waals surface area contributed by atoms with Gasteiger partial charge in [0.1, 0.15) is 0 Å². The summed E-state index contributed by atoms with van der Waals surface area (Å²) < 4.78 is 29.1. The maximum Gasteiger partial charge on any atom is 0.310 e. The number of methoxy groups -OCH3 is 1. The Balaban J connectivity index is 2.59. The molecule has 0 amide bonds. The lowest BCUT2D eigenvalue weighted by Gasteiger charge is -2.39. The van der Waals surface area contributed by atoms with E-state index < -0.39 is 6.43 Å². The van der Waals surface area contributed by atoms with Gasteiger partial charge in [0, 0.05) is 25.2 Å². The van der Waals surface area contributed by atoms with Gasteiger partial charge in [-0.3, -0.25) is 9.69 Å². The summed E-state index contributed by atoms with van der Waals surface area (Å²) in [6.45, 7) is 5.06. The molecule has 1 aliphatic heterocycles. The number of likely N-dealkylation sites (tertiary alicyclic amines) is 1. The average Bonchev–Trinajstić information content (AvgIpc) is 2.34. The number of halogens is 2. The average molecular weight is 264 g/mol. The van der Waals surface area contributed by atoms with Crippen molar-refractivity contribution in [1.29, 1.82) is 0 Å². The summed E-state index contributed by atoms with van der Waals surface area (Å²) in [5, 5.41) is 2.82. The summed E-state index contributed by atoms with van der Waals surface area (Å²) in [6.07, 6.45) is -1.81. The van der Waals surface area contributed by atoms with E-state index >= 15 is 0 Å². The molecule has 0 radical (unpaired) electrons. The number of nitrogens with one attached hydrogen (secondary N) is 1. The number of carbonyl (C=O) groups is 1. The van der Waals surface area contributed by atoms with E-state index in [1.54, 1.807) is 0 Å². The molecule has 2 atom stereocenters. The summed E-state index contributed by atoms with van der Waals surface area (Å²) in [4.78, 5) is 13.7. The van der Waals surface area contributed by atoms with Crippen molar-refractivity contribution < 1.29 is 18.3 Å². The predicted molar refractivity (Wildman–Crippen MR) is 64.6 cm³/mol. The third-order valence-electron chi connectivity index (χ3n) is 3.30. The van der Waals surface area contributed by atoms with E-state index in [1.807, 2.05) is 13.8 Å². The fraction of sp³-hybridized carbons (Fsp3) is 0.917. The number of nitrogens with zero attached hydrogens (tertiary/aromatic N) is 1. The summed E-state index contributed by atoms with van der Waals surface area (Å²) in [5.74, 6) is -0.495. The van der Waals surface area contributed by atoms with Gasteiger partial charge in [-0.25, -0.2) is 8.78 Å². The van der Waals surface area contributed by atoms with Crippen molar-refractivity contribution in [1.82, 2.24) is 10.2 Å². The molecule has 2 unspecified atom stereocenters. The molecule has 0 aromatic rings. The Kier molecular flexibility index (Phi) is 5.95. The Morgan fingerprint density at radius 2 is 2.11 bits per heavy atom. The minimum absolute atomic E-state index is 0.0840. The summed E-state index contributed by atoms with van der Waals surface area (Å²) >= 11 is 0. The zero-order valence-corrected chi connectivity index (χ0v) is 11.2. The molecule has 0 aliphatic carbocycles. The summed E-state index contributed by atoms with van der Waals surface area (Å²) in [7, 11) is 1.36. The molecule has 6 heteroatoms. The zero-order valence-electron chi connectivity index (χ0n) is 11.2. The topological polar surface area (TPSA) is 41.6 Å². The molecular formula is C12H22F2N2O2. The first kappa shape index (κ1) is 15.3. The van der Waals surface area contributed by atoms with Gasteiger partial charge >= 0.3 is 5.97 Å². The molecule has 106 valence electrons. The number of rotatable bonds is 5.